The Morgan fingerprint density at radius 1 is 1.35 bits per heavy atom. The molecule has 17 heavy (non-hydrogen) atoms. The zero-order valence-electron chi connectivity index (χ0n) is 8.11. The quantitative estimate of drug-likeness (QED) is 0.582. The molecule has 0 fully saturated rings. The summed E-state index contributed by atoms with van der Waals surface area (Å²) in [6.07, 6.45) is 1.31. The Labute approximate surface area is 113 Å². The van der Waals surface area contributed by atoms with Crippen LogP contribution in [0.5, 0.6) is 0 Å². The molecule has 0 unspecified atom stereocenters. The third-order valence-electron chi connectivity index (χ3n) is 2.00. The van der Waals surface area contributed by atoms with Crippen LogP contribution in [0.15, 0.2) is 11.6 Å². The third-order valence-corrected chi connectivity index (χ3v) is 3.56. The molecule has 0 spiro atoms. The van der Waals surface area contributed by atoms with Gasteiger partial charge in [-0.05, 0) is 34.7 Å². The van der Waals surface area contributed by atoms with Crippen LogP contribution in [-0.4, -0.2) is 8.75 Å². The molecule has 0 saturated heterocycles. The summed E-state index contributed by atoms with van der Waals surface area (Å²) < 4.78 is 22.0. The molecule has 1 heterocycles. The van der Waals surface area contributed by atoms with E-state index in [0.717, 1.165) is 11.7 Å². The average Bonchev–Trinajstić information content (AvgIpc) is 2.81. The van der Waals surface area contributed by atoms with Crippen LogP contribution >= 0.6 is 34.3 Å². The molecule has 7 heteroatoms. The summed E-state index contributed by atoms with van der Waals surface area (Å²) in [4.78, 5) is 0. The molecule has 0 bridgehead atoms. The number of nitrogens with zero attached hydrogens (tertiary/aromatic N) is 4. The first-order chi connectivity index (χ1) is 8.17. The summed E-state index contributed by atoms with van der Waals surface area (Å²) >= 11 is 2.81. The molecular weight excluding hydrogens is 354 g/mol. The first-order valence-electron chi connectivity index (χ1n) is 4.29. The number of fused-ring (bicyclic) bond motifs is 1. The number of rotatable bonds is 1. The van der Waals surface area contributed by atoms with Crippen molar-refractivity contribution in [1.29, 1.82) is 10.5 Å². The highest BCUT2D eigenvalue weighted by atomic mass is 127. The van der Waals surface area contributed by atoms with Crippen molar-refractivity contribution in [2.75, 3.05) is 0 Å². The monoisotopic (exact) mass is 356 g/mol. The maximum atomic E-state index is 13.6. The van der Waals surface area contributed by atoms with Gasteiger partial charge in [0.25, 0.3) is 0 Å². The fourth-order valence-electron chi connectivity index (χ4n) is 1.26. The van der Waals surface area contributed by atoms with E-state index < -0.39 is 5.82 Å². The van der Waals surface area contributed by atoms with Crippen molar-refractivity contribution in [3.05, 3.63) is 26.6 Å². The second-order valence-electron chi connectivity index (χ2n) is 3.00. The minimum Gasteiger partial charge on any atom is -0.206 e. The van der Waals surface area contributed by atoms with Crippen LogP contribution in [0.4, 0.5) is 4.39 Å². The van der Waals surface area contributed by atoms with Gasteiger partial charge in [-0.25, -0.2) is 4.39 Å². The van der Waals surface area contributed by atoms with Gasteiger partial charge in [-0.15, -0.1) is 0 Å². The molecule has 1 aromatic heterocycles. The van der Waals surface area contributed by atoms with Crippen LogP contribution in [0.2, 0.25) is 0 Å². The lowest BCUT2D eigenvalue weighted by atomic mass is 10.1. The predicted molar refractivity (Wildman–Crippen MR) is 69.3 cm³/mol. The normalized spacial score (nSPS) is 9.65. The molecule has 0 atom stereocenters. The van der Waals surface area contributed by atoms with E-state index in [1.54, 1.807) is 12.1 Å². The van der Waals surface area contributed by atoms with Crippen LogP contribution in [0.3, 0.4) is 0 Å². The molecule has 0 N–H and O–H groups in total. The number of hydrogen-bond acceptors (Lipinski definition) is 5. The molecule has 2 rings (SSSR count). The molecule has 0 aliphatic heterocycles. The summed E-state index contributed by atoms with van der Waals surface area (Å²) in [5.74, 6) is -0.438. The molecule has 0 aliphatic carbocycles. The summed E-state index contributed by atoms with van der Waals surface area (Å²) in [6, 6.07) is 4.69. The lowest BCUT2D eigenvalue weighted by molar-refractivity contribution is 0.622. The fraction of sp³-hybridized carbons (Fsp3) is 0. The molecule has 82 valence electrons. The van der Waals surface area contributed by atoms with Crippen molar-refractivity contribution in [3.8, 4) is 12.1 Å². The predicted octanol–water partition coefficient (Wildman–Crippen LogP) is 2.87. The zero-order valence-corrected chi connectivity index (χ0v) is 11.1. The van der Waals surface area contributed by atoms with Gasteiger partial charge >= 0.3 is 0 Å². The summed E-state index contributed by atoms with van der Waals surface area (Å²) in [7, 11) is 0. The van der Waals surface area contributed by atoms with Crippen LogP contribution in [0, 0.1) is 32.0 Å². The summed E-state index contributed by atoms with van der Waals surface area (Å²) in [5.41, 5.74) is 1.26. The minimum atomic E-state index is -0.438. The fourth-order valence-corrected chi connectivity index (χ4v) is 2.53. The zero-order chi connectivity index (χ0) is 12.4. The van der Waals surface area contributed by atoms with Gasteiger partial charge in [-0.2, -0.15) is 19.3 Å². The highest BCUT2D eigenvalue weighted by Crippen LogP contribution is 2.26. The van der Waals surface area contributed by atoms with E-state index >= 15 is 0 Å². The molecule has 0 aliphatic rings. The van der Waals surface area contributed by atoms with Crippen LogP contribution in [0.1, 0.15) is 5.56 Å². The SMILES string of the molecule is N#CC(C#N)=Cc1cc(F)c(I)c2nsnc12. The van der Waals surface area contributed by atoms with E-state index in [9.17, 15) is 4.39 Å². The van der Waals surface area contributed by atoms with Gasteiger partial charge in [0, 0.05) is 5.56 Å². The van der Waals surface area contributed by atoms with Gasteiger partial charge in [0.1, 0.15) is 34.6 Å². The minimum absolute atomic E-state index is 0.0973. The van der Waals surface area contributed by atoms with Gasteiger partial charge in [-0.3, -0.25) is 0 Å². The van der Waals surface area contributed by atoms with Gasteiger partial charge in [0.15, 0.2) is 0 Å². The highest BCUT2D eigenvalue weighted by molar-refractivity contribution is 14.1. The van der Waals surface area contributed by atoms with E-state index in [-0.39, 0.29) is 5.57 Å². The van der Waals surface area contributed by atoms with Crippen LogP contribution in [-0.2, 0) is 0 Å². The van der Waals surface area contributed by atoms with Gasteiger partial charge in [0.2, 0.25) is 0 Å². The van der Waals surface area contributed by atoms with E-state index in [4.69, 9.17) is 10.5 Å². The van der Waals surface area contributed by atoms with Crippen LogP contribution in [0.25, 0.3) is 17.1 Å². The largest absolute Gasteiger partial charge is 0.206 e. The summed E-state index contributed by atoms with van der Waals surface area (Å²) in [5, 5.41) is 17.3. The van der Waals surface area contributed by atoms with Gasteiger partial charge in [-0.1, -0.05) is 0 Å². The third kappa shape index (κ3) is 2.12. The number of benzene rings is 1. The van der Waals surface area contributed by atoms with Crippen molar-refractivity contribution in [2.24, 2.45) is 0 Å². The second-order valence-corrected chi connectivity index (χ2v) is 4.61. The van der Waals surface area contributed by atoms with Crippen molar-refractivity contribution >= 4 is 51.4 Å². The number of aromatic nitrogens is 2. The first kappa shape index (κ1) is 11.9. The first-order valence-corrected chi connectivity index (χ1v) is 6.10. The Morgan fingerprint density at radius 3 is 2.65 bits per heavy atom. The number of hydrogen-bond donors (Lipinski definition) is 0. The number of nitriles is 2. The standard InChI is InChI=1S/C10H2FIN4S/c11-7-2-6(1-5(3-13)4-14)9-10(8(7)12)16-17-15-9/h1-2H. The lowest BCUT2D eigenvalue weighted by Crippen LogP contribution is -1.88. The van der Waals surface area contributed by atoms with E-state index in [2.05, 4.69) is 8.75 Å². The second kappa shape index (κ2) is 4.73. The van der Waals surface area contributed by atoms with Crippen molar-refractivity contribution < 1.29 is 4.39 Å². The highest BCUT2D eigenvalue weighted by Gasteiger charge is 2.13. The molecule has 2 aromatic rings. The molecule has 0 amide bonds. The molecule has 4 nitrogen and oxygen atoms in total. The lowest BCUT2D eigenvalue weighted by Gasteiger charge is -1.99. The number of allylic oxidation sites excluding steroid dienone is 1. The van der Waals surface area contributed by atoms with Gasteiger partial charge < -0.3 is 0 Å². The Bertz CT molecular complexity index is 691. The Morgan fingerprint density at radius 2 is 2.00 bits per heavy atom. The van der Waals surface area contributed by atoms with Crippen molar-refractivity contribution in [2.45, 2.75) is 0 Å². The van der Waals surface area contributed by atoms with Crippen molar-refractivity contribution in [3.63, 3.8) is 0 Å². The molecule has 1 aromatic carbocycles. The van der Waals surface area contributed by atoms with Crippen molar-refractivity contribution in [1.82, 2.24) is 8.75 Å². The van der Waals surface area contributed by atoms with E-state index in [1.165, 1.54) is 12.1 Å². The van der Waals surface area contributed by atoms with Crippen LogP contribution < -0.4 is 0 Å². The summed E-state index contributed by atoms with van der Waals surface area (Å²) in [6.45, 7) is 0. The van der Waals surface area contributed by atoms with Gasteiger partial charge in [0.05, 0.1) is 15.3 Å². The topological polar surface area (TPSA) is 73.4 Å². The Hall–Kier alpha value is -1.58. The molecule has 0 radical (unpaired) electrons. The maximum absolute atomic E-state index is 13.6. The number of halogens is 2. The Kier molecular flexibility index (Phi) is 3.31. The maximum Gasteiger partial charge on any atom is 0.139 e. The smallest absolute Gasteiger partial charge is 0.139 e. The van der Waals surface area contributed by atoms with E-state index in [0.29, 0.717) is 20.2 Å². The molecule has 0 saturated carbocycles. The Balaban J connectivity index is 2.76. The molecular formula is C10H2FIN4S. The average molecular weight is 356 g/mol. The van der Waals surface area contributed by atoms with E-state index in [1.807, 2.05) is 22.6 Å².